The Hall–Kier alpha value is -3.65. The van der Waals surface area contributed by atoms with Crippen molar-refractivity contribution < 1.29 is 50.3 Å². The first-order chi connectivity index (χ1) is 17.2. The molecule has 36 heavy (non-hydrogen) atoms. The van der Waals surface area contributed by atoms with Crippen LogP contribution >= 0.6 is 0 Å². The molecule has 1 aromatic heterocycles. The molecule has 1 N–H and O–H groups in total. The van der Waals surface area contributed by atoms with Gasteiger partial charge in [-0.25, -0.2) is 0 Å². The van der Waals surface area contributed by atoms with Crippen LogP contribution in [-0.4, -0.2) is 32.2 Å². The average Bonchev–Trinajstić information content (AvgIpc) is 3.33. The summed E-state index contributed by atoms with van der Waals surface area (Å²) in [7, 11) is 1.66. The zero-order chi connectivity index (χ0) is 23.8. The van der Waals surface area contributed by atoms with E-state index in [2.05, 4.69) is 35.0 Å². The average molecular weight is 552 g/mol. The van der Waals surface area contributed by atoms with E-state index in [-0.39, 0.29) is 29.5 Å². The quantitative estimate of drug-likeness (QED) is 0.278. The van der Waals surface area contributed by atoms with Crippen LogP contribution in [-0.2, 0) is 13.0 Å². The Bertz CT molecular complexity index is 1420. The lowest BCUT2D eigenvalue weighted by Crippen LogP contribution is -3.00. The number of halogens is 1. The third kappa shape index (κ3) is 4.48. The topological polar surface area (TPSA) is 70.3 Å². The van der Waals surface area contributed by atoms with Crippen molar-refractivity contribution in [3.8, 4) is 45.8 Å². The molecule has 0 bridgehead atoms. The van der Waals surface area contributed by atoms with Crippen molar-refractivity contribution >= 4 is 10.8 Å². The summed E-state index contributed by atoms with van der Waals surface area (Å²) in [5, 5.41) is 11.7. The fourth-order valence-electron chi connectivity index (χ4n) is 4.70. The molecular weight excluding hydrogens is 526 g/mol. The first-order valence-electron chi connectivity index (χ1n) is 11.7. The van der Waals surface area contributed by atoms with Gasteiger partial charge < -0.3 is 45.8 Å². The van der Waals surface area contributed by atoms with Crippen molar-refractivity contribution in [1.29, 1.82) is 0 Å². The van der Waals surface area contributed by atoms with Crippen LogP contribution in [0.5, 0.6) is 34.5 Å². The Balaban J connectivity index is 0.00000267. The monoisotopic (exact) mass is 551 g/mol. The van der Waals surface area contributed by atoms with Crippen LogP contribution in [0.25, 0.3) is 22.0 Å². The number of methoxy groups -OCH3 is 1. The van der Waals surface area contributed by atoms with Gasteiger partial charge in [0.15, 0.2) is 35.7 Å². The second kappa shape index (κ2) is 10.1. The second-order valence-electron chi connectivity index (χ2n) is 8.61. The van der Waals surface area contributed by atoms with Gasteiger partial charge in [-0.05, 0) is 47.3 Å². The molecule has 0 unspecified atom stereocenters. The number of ether oxygens (including phenoxy) is 5. The third-order valence-electron chi connectivity index (χ3n) is 6.42. The number of pyridine rings is 1. The molecule has 0 atom stereocenters. The molecule has 7 nitrogen and oxygen atoms in total. The zero-order valence-electron chi connectivity index (χ0n) is 19.8. The maximum absolute atomic E-state index is 9.57. The largest absolute Gasteiger partial charge is 1.00 e. The van der Waals surface area contributed by atoms with Crippen LogP contribution in [0.4, 0.5) is 0 Å². The van der Waals surface area contributed by atoms with Gasteiger partial charge in [0.2, 0.25) is 12.5 Å². The van der Waals surface area contributed by atoms with Crippen LogP contribution in [0.1, 0.15) is 12.0 Å². The SMILES string of the molecule is COc1ccc2cc3[n+](cc2c1OCCCOc1cccc(O)c1)CCc1cc2c(cc1-3)OCO2.[Br-]. The highest BCUT2D eigenvalue weighted by molar-refractivity contribution is 5.91. The van der Waals surface area contributed by atoms with Gasteiger partial charge >= 0.3 is 0 Å². The Morgan fingerprint density at radius 3 is 2.64 bits per heavy atom. The third-order valence-corrected chi connectivity index (χ3v) is 6.42. The summed E-state index contributed by atoms with van der Waals surface area (Å²) in [5.41, 5.74) is 3.59. The van der Waals surface area contributed by atoms with Crippen molar-refractivity contribution in [3.05, 3.63) is 66.4 Å². The molecule has 4 aromatic rings. The molecule has 0 fully saturated rings. The molecule has 3 heterocycles. The molecule has 0 aliphatic carbocycles. The first-order valence-corrected chi connectivity index (χ1v) is 11.7. The highest BCUT2D eigenvalue weighted by atomic mass is 79.9. The standard InChI is InChI=1S/C28H25NO6.BrH/c1-31-25-7-6-18-12-24-22-15-27-26(34-17-35-27)13-19(22)8-9-29(24)16-23(18)28(25)33-11-3-10-32-21-5-2-4-20(30)14-21;/h2,4-7,12-16H,3,8-11,17H2,1H3;1H. The minimum Gasteiger partial charge on any atom is -1.00 e. The van der Waals surface area contributed by atoms with Crippen molar-refractivity contribution in [2.24, 2.45) is 0 Å². The van der Waals surface area contributed by atoms with Crippen LogP contribution in [0, 0.1) is 0 Å². The van der Waals surface area contributed by atoms with Gasteiger partial charge in [-0.15, -0.1) is 0 Å². The molecule has 3 aromatic carbocycles. The minimum atomic E-state index is 0. The zero-order valence-corrected chi connectivity index (χ0v) is 21.4. The van der Waals surface area contributed by atoms with Crippen LogP contribution in [0.2, 0.25) is 0 Å². The predicted octanol–water partition coefficient (Wildman–Crippen LogP) is 1.65. The van der Waals surface area contributed by atoms with Gasteiger partial charge in [-0.2, -0.15) is 4.57 Å². The summed E-state index contributed by atoms with van der Waals surface area (Å²) in [6.07, 6.45) is 3.76. The van der Waals surface area contributed by atoms with E-state index < -0.39 is 0 Å². The molecule has 0 radical (unpaired) electrons. The second-order valence-corrected chi connectivity index (χ2v) is 8.61. The number of aromatic nitrogens is 1. The molecule has 0 saturated carbocycles. The number of benzene rings is 3. The molecule has 2 aliphatic heterocycles. The smallest absolute Gasteiger partial charge is 0.231 e. The van der Waals surface area contributed by atoms with E-state index in [1.807, 2.05) is 12.1 Å². The minimum absolute atomic E-state index is 0. The molecule has 6 rings (SSSR count). The van der Waals surface area contributed by atoms with E-state index in [9.17, 15) is 5.11 Å². The first kappa shape index (κ1) is 24.1. The highest BCUT2D eigenvalue weighted by Crippen LogP contribution is 2.41. The van der Waals surface area contributed by atoms with Crippen molar-refractivity contribution in [3.63, 3.8) is 0 Å². The molecular formula is C28H26BrNO6. The van der Waals surface area contributed by atoms with E-state index in [4.69, 9.17) is 23.7 Å². The van der Waals surface area contributed by atoms with Gasteiger partial charge in [0.25, 0.3) is 0 Å². The van der Waals surface area contributed by atoms with E-state index in [0.717, 1.165) is 46.7 Å². The number of aryl methyl sites for hydroxylation is 2. The van der Waals surface area contributed by atoms with Crippen LogP contribution < -0.4 is 45.2 Å². The lowest BCUT2D eigenvalue weighted by molar-refractivity contribution is -0.686. The number of nitrogens with zero attached hydrogens (tertiary/aromatic N) is 1. The number of fused-ring (bicyclic) bond motifs is 5. The summed E-state index contributed by atoms with van der Waals surface area (Å²) in [4.78, 5) is 0. The van der Waals surface area contributed by atoms with Gasteiger partial charge in [-0.1, -0.05) is 6.07 Å². The lowest BCUT2D eigenvalue weighted by Gasteiger charge is -2.18. The number of phenolic OH excluding ortho intramolecular Hbond substituents is 1. The Kier molecular flexibility index (Phi) is 6.78. The number of aromatic hydroxyl groups is 1. The number of hydrogen-bond donors (Lipinski definition) is 1. The summed E-state index contributed by atoms with van der Waals surface area (Å²) in [6, 6.07) is 17.2. The molecule has 8 heteroatoms. The highest BCUT2D eigenvalue weighted by Gasteiger charge is 2.28. The van der Waals surface area contributed by atoms with Gasteiger partial charge in [-0.3, -0.25) is 0 Å². The maximum Gasteiger partial charge on any atom is 0.231 e. The van der Waals surface area contributed by atoms with E-state index in [1.165, 1.54) is 11.1 Å². The molecule has 0 saturated heterocycles. The Morgan fingerprint density at radius 1 is 0.972 bits per heavy atom. The van der Waals surface area contributed by atoms with Gasteiger partial charge in [0.1, 0.15) is 11.5 Å². The van der Waals surface area contributed by atoms with Gasteiger partial charge in [0.05, 0.1) is 31.3 Å². The molecule has 0 amide bonds. The predicted molar refractivity (Wildman–Crippen MR) is 130 cm³/mol. The molecule has 2 aliphatic rings. The molecule has 0 spiro atoms. The molecule has 186 valence electrons. The number of phenols is 1. The summed E-state index contributed by atoms with van der Waals surface area (Å²) < 4.78 is 31.0. The van der Waals surface area contributed by atoms with Crippen molar-refractivity contribution in [2.45, 2.75) is 19.4 Å². The fraction of sp³-hybridized carbons (Fsp3) is 0.250. The van der Waals surface area contributed by atoms with Crippen LogP contribution in [0.3, 0.4) is 0 Å². The maximum atomic E-state index is 9.57. The Morgan fingerprint density at radius 2 is 1.81 bits per heavy atom. The summed E-state index contributed by atoms with van der Waals surface area (Å²) in [5.74, 6) is 3.88. The van der Waals surface area contributed by atoms with Crippen molar-refractivity contribution in [2.75, 3.05) is 27.1 Å². The van der Waals surface area contributed by atoms with E-state index in [1.54, 1.807) is 25.3 Å². The lowest BCUT2D eigenvalue weighted by atomic mass is 9.95. The normalized spacial score (nSPS) is 12.9. The Labute approximate surface area is 219 Å². The summed E-state index contributed by atoms with van der Waals surface area (Å²) >= 11 is 0. The fourth-order valence-corrected chi connectivity index (χ4v) is 4.70. The summed E-state index contributed by atoms with van der Waals surface area (Å²) in [6.45, 7) is 2.09. The van der Waals surface area contributed by atoms with Crippen molar-refractivity contribution in [1.82, 2.24) is 0 Å². The number of rotatable bonds is 7. The van der Waals surface area contributed by atoms with Crippen LogP contribution in [0.15, 0.2) is 60.8 Å². The van der Waals surface area contributed by atoms with E-state index in [0.29, 0.717) is 31.1 Å². The van der Waals surface area contributed by atoms with Gasteiger partial charge in [0, 0.05) is 25.0 Å². The van der Waals surface area contributed by atoms with E-state index >= 15 is 0 Å². The number of hydrogen-bond acceptors (Lipinski definition) is 6.